The molecule has 0 spiro atoms. The van der Waals surface area contributed by atoms with E-state index in [1.54, 1.807) is 0 Å². The summed E-state index contributed by atoms with van der Waals surface area (Å²) in [4.78, 5) is 16.8. The summed E-state index contributed by atoms with van der Waals surface area (Å²) in [7, 11) is 0. The highest BCUT2D eigenvalue weighted by Gasteiger charge is 2.20. The van der Waals surface area contributed by atoms with Crippen LogP contribution >= 0.6 is 0 Å². The van der Waals surface area contributed by atoms with Crippen LogP contribution in [0.15, 0.2) is 48.5 Å². The van der Waals surface area contributed by atoms with Gasteiger partial charge >= 0.3 is 0 Å². The number of hydrogen-bond donors (Lipinski definition) is 1. The molecule has 3 rings (SSSR count). The van der Waals surface area contributed by atoms with Crippen molar-refractivity contribution in [2.75, 3.05) is 37.6 Å². The van der Waals surface area contributed by atoms with Crippen LogP contribution in [-0.4, -0.2) is 43.5 Å². The van der Waals surface area contributed by atoms with Gasteiger partial charge in [0.1, 0.15) is 0 Å². The quantitative estimate of drug-likeness (QED) is 0.812. The monoisotopic (exact) mass is 351 g/mol. The average Bonchev–Trinajstić information content (AvgIpc) is 2.66. The number of piperazine rings is 1. The van der Waals surface area contributed by atoms with Crippen LogP contribution in [0.3, 0.4) is 0 Å². The molecule has 4 heteroatoms. The zero-order valence-corrected chi connectivity index (χ0v) is 15.9. The number of amides is 1. The molecule has 1 aliphatic rings. The molecule has 2 aromatic rings. The molecule has 0 aromatic heterocycles. The molecule has 1 saturated heterocycles. The fourth-order valence-corrected chi connectivity index (χ4v) is 3.33. The molecular weight excluding hydrogens is 322 g/mol. The van der Waals surface area contributed by atoms with Gasteiger partial charge in [-0.3, -0.25) is 4.79 Å². The van der Waals surface area contributed by atoms with Crippen LogP contribution in [0.2, 0.25) is 0 Å². The predicted molar refractivity (Wildman–Crippen MR) is 107 cm³/mol. The zero-order valence-electron chi connectivity index (χ0n) is 15.9. The number of anilines is 1. The van der Waals surface area contributed by atoms with Gasteiger partial charge in [-0.15, -0.1) is 0 Å². The lowest BCUT2D eigenvalue weighted by Crippen LogP contribution is -2.49. The number of hydrogen-bond acceptors (Lipinski definition) is 3. The van der Waals surface area contributed by atoms with Crippen molar-refractivity contribution in [3.63, 3.8) is 0 Å². The van der Waals surface area contributed by atoms with E-state index >= 15 is 0 Å². The third-order valence-corrected chi connectivity index (χ3v) is 4.96. The Morgan fingerprint density at radius 2 is 1.69 bits per heavy atom. The van der Waals surface area contributed by atoms with Crippen LogP contribution in [0.25, 0.3) is 0 Å². The minimum absolute atomic E-state index is 0.255. The molecule has 0 aliphatic carbocycles. The number of carbonyl (C=O) groups excluding carboxylic acids is 1. The van der Waals surface area contributed by atoms with Crippen molar-refractivity contribution < 1.29 is 4.79 Å². The Kier molecular flexibility index (Phi) is 6.29. The largest absolute Gasteiger partial charge is 0.368 e. The molecule has 0 saturated carbocycles. The first-order valence-corrected chi connectivity index (χ1v) is 9.47. The van der Waals surface area contributed by atoms with Crippen molar-refractivity contribution in [2.24, 2.45) is 0 Å². The summed E-state index contributed by atoms with van der Waals surface area (Å²) in [6, 6.07) is 17.1. The normalized spacial score (nSPS) is 14.5. The molecular formula is C22H29N3O. The van der Waals surface area contributed by atoms with E-state index in [0.717, 1.165) is 39.3 Å². The topological polar surface area (TPSA) is 35.6 Å². The summed E-state index contributed by atoms with van der Waals surface area (Å²) in [5, 5.41) is 3.37. The molecule has 4 nitrogen and oxygen atoms in total. The Labute approximate surface area is 156 Å². The Bertz CT molecular complexity index is 718. The number of nitrogens with zero attached hydrogens (tertiary/aromatic N) is 2. The van der Waals surface area contributed by atoms with Gasteiger partial charge in [0.05, 0.1) is 0 Å². The Balaban J connectivity index is 1.37. The van der Waals surface area contributed by atoms with Crippen LogP contribution in [0, 0.1) is 13.8 Å². The van der Waals surface area contributed by atoms with E-state index in [4.69, 9.17) is 0 Å². The van der Waals surface area contributed by atoms with Gasteiger partial charge in [-0.2, -0.15) is 0 Å². The van der Waals surface area contributed by atoms with Crippen molar-refractivity contribution in [3.05, 3.63) is 65.2 Å². The molecule has 138 valence electrons. The second-order valence-electron chi connectivity index (χ2n) is 7.12. The number of carbonyl (C=O) groups is 1. The number of rotatable bonds is 6. The van der Waals surface area contributed by atoms with Gasteiger partial charge in [0, 0.05) is 51.4 Å². The summed E-state index contributed by atoms with van der Waals surface area (Å²) in [6.07, 6.45) is 0.566. The van der Waals surface area contributed by atoms with Gasteiger partial charge in [-0.25, -0.2) is 0 Å². The Morgan fingerprint density at radius 1 is 0.962 bits per heavy atom. The van der Waals surface area contributed by atoms with Gasteiger partial charge in [-0.05, 0) is 37.1 Å². The molecule has 0 unspecified atom stereocenters. The lowest BCUT2D eigenvalue weighted by atomic mass is 10.1. The van der Waals surface area contributed by atoms with Crippen molar-refractivity contribution in [1.82, 2.24) is 10.2 Å². The van der Waals surface area contributed by atoms with Gasteiger partial charge in [0.25, 0.3) is 0 Å². The highest BCUT2D eigenvalue weighted by Crippen LogP contribution is 2.18. The molecule has 1 fully saturated rings. The smallest absolute Gasteiger partial charge is 0.223 e. The maximum atomic E-state index is 12.4. The summed E-state index contributed by atoms with van der Waals surface area (Å²) < 4.78 is 0. The van der Waals surface area contributed by atoms with Crippen molar-refractivity contribution in [2.45, 2.75) is 26.8 Å². The van der Waals surface area contributed by atoms with Crippen LogP contribution in [0.1, 0.15) is 23.1 Å². The van der Waals surface area contributed by atoms with E-state index in [9.17, 15) is 4.79 Å². The fraction of sp³-hybridized carbons (Fsp3) is 0.409. The van der Waals surface area contributed by atoms with Crippen molar-refractivity contribution >= 4 is 11.6 Å². The van der Waals surface area contributed by atoms with Crippen LogP contribution in [0.4, 0.5) is 5.69 Å². The van der Waals surface area contributed by atoms with E-state index in [1.807, 2.05) is 4.90 Å². The summed E-state index contributed by atoms with van der Waals surface area (Å²) in [5.41, 5.74) is 5.07. The molecule has 1 heterocycles. The second-order valence-corrected chi connectivity index (χ2v) is 7.12. The third-order valence-electron chi connectivity index (χ3n) is 4.96. The fourth-order valence-electron chi connectivity index (χ4n) is 3.33. The molecule has 0 radical (unpaired) electrons. The first-order valence-electron chi connectivity index (χ1n) is 9.47. The molecule has 1 amide bonds. The molecule has 1 aliphatic heterocycles. The summed E-state index contributed by atoms with van der Waals surface area (Å²) in [6.45, 7) is 9.19. The SMILES string of the molecule is Cc1ccc(CNCCC(=O)N2CCN(c3cccc(C)c3)CC2)cc1. The highest BCUT2D eigenvalue weighted by atomic mass is 16.2. The summed E-state index contributed by atoms with van der Waals surface area (Å²) in [5.74, 6) is 0.255. The minimum atomic E-state index is 0.255. The third kappa shape index (κ3) is 5.09. The highest BCUT2D eigenvalue weighted by molar-refractivity contribution is 5.76. The first-order chi connectivity index (χ1) is 12.6. The van der Waals surface area contributed by atoms with Crippen LogP contribution in [0.5, 0.6) is 0 Å². The maximum absolute atomic E-state index is 12.4. The van der Waals surface area contributed by atoms with Crippen molar-refractivity contribution in [3.8, 4) is 0 Å². The average molecular weight is 351 g/mol. The number of benzene rings is 2. The summed E-state index contributed by atoms with van der Waals surface area (Å²) >= 11 is 0. The Morgan fingerprint density at radius 3 is 2.38 bits per heavy atom. The Hall–Kier alpha value is -2.33. The van der Waals surface area contributed by atoms with Gasteiger partial charge in [0.15, 0.2) is 0 Å². The molecule has 1 N–H and O–H groups in total. The van der Waals surface area contributed by atoms with E-state index in [1.165, 1.54) is 22.4 Å². The minimum Gasteiger partial charge on any atom is -0.368 e. The van der Waals surface area contributed by atoms with Gasteiger partial charge < -0.3 is 15.1 Å². The number of aryl methyl sites for hydroxylation is 2. The van der Waals surface area contributed by atoms with E-state index in [-0.39, 0.29) is 5.91 Å². The molecule has 26 heavy (non-hydrogen) atoms. The van der Waals surface area contributed by atoms with E-state index in [2.05, 4.69) is 72.6 Å². The van der Waals surface area contributed by atoms with E-state index in [0.29, 0.717) is 6.42 Å². The number of nitrogens with one attached hydrogen (secondary N) is 1. The lowest BCUT2D eigenvalue weighted by Gasteiger charge is -2.36. The zero-order chi connectivity index (χ0) is 18.4. The van der Waals surface area contributed by atoms with Gasteiger partial charge in [-0.1, -0.05) is 42.0 Å². The molecule has 0 bridgehead atoms. The standard InChI is InChI=1S/C22H29N3O/c1-18-6-8-20(9-7-18)17-23-11-10-22(26)25-14-12-24(13-15-25)21-5-3-4-19(2)16-21/h3-9,16,23H,10-15,17H2,1-2H3. The van der Waals surface area contributed by atoms with E-state index < -0.39 is 0 Å². The van der Waals surface area contributed by atoms with Gasteiger partial charge in [0.2, 0.25) is 5.91 Å². The second kappa shape index (κ2) is 8.86. The van der Waals surface area contributed by atoms with Crippen molar-refractivity contribution in [1.29, 1.82) is 0 Å². The van der Waals surface area contributed by atoms with Crippen LogP contribution < -0.4 is 10.2 Å². The lowest BCUT2D eigenvalue weighted by molar-refractivity contribution is -0.131. The molecule has 2 aromatic carbocycles. The van der Waals surface area contributed by atoms with Crippen LogP contribution in [-0.2, 0) is 11.3 Å². The maximum Gasteiger partial charge on any atom is 0.223 e. The predicted octanol–water partition coefficient (Wildman–Crippen LogP) is 3.13. The first kappa shape index (κ1) is 18.5. The molecule has 0 atom stereocenters.